The van der Waals surface area contributed by atoms with E-state index in [2.05, 4.69) is 12.2 Å². The van der Waals surface area contributed by atoms with Crippen LogP contribution >= 0.6 is 11.8 Å². The van der Waals surface area contributed by atoms with E-state index < -0.39 is 0 Å². The quantitative estimate of drug-likeness (QED) is 0.841. The van der Waals surface area contributed by atoms with E-state index in [4.69, 9.17) is 0 Å². The van der Waals surface area contributed by atoms with E-state index in [0.717, 1.165) is 43.5 Å². The van der Waals surface area contributed by atoms with Gasteiger partial charge >= 0.3 is 0 Å². The van der Waals surface area contributed by atoms with Crippen LogP contribution in [0.2, 0.25) is 0 Å². The van der Waals surface area contributed by atoms with Gasteiger partial charge in [0.15, 0.2) is 0 Å². The first-order chi connectivity index (χ1) is 9.67. The molecule has 2 unspecified atom stereocenters. The van der Waals surface area contributed by atoms with Gasteiger partial charge in [0.2, 0.25) is 0 Å². The van der Waals surface area contributed by atoms with Gasteiger partial charge in [0.25, 0.3) is 0 Å². The zero-order chi connectivity index (χ0) is 14.4. The fraction of sp³-hybridized carbons (Fsp3) is 0.625. The van der Waals surface area contributed by atoms with Gasteiger partial charge in [0.05, 0.1) is 6.61 Å². The van der Waals surface area contributed by atoms with Crippen molar-refractivity contribution in [2.75, 3.05) is 13.2 Å². The van der Waals surface area contributed by atoms with Gasteiger partial charge in [0, 0.05) is 15.7 Å². The lowest BCUT2D eigenvalue weighted by Crippen LogP contribution is -2.52. The van der Waals surface area contributed by atoms with Crippen LogP contribution in [0.1, 0.15) is 39.0 Å². The summed E-state index contributed by atoms with van der Waals surface area (Å²) >= 11 is 1.74. The average molecular weight is 297 g/mol. The van der Waals surface area contributed by atoms with Crippen LogP contribution in [-0.2, 0) is 0 Å². The van der Waals surface area contributed by atoms with E-state index in [0.29, 0.717) is 5.25 Å². The van der Waals surface area contributed by atoms with Gasteiger partial charge in [-0.2, -0.15) is 0 Å². The van der Waals surface area contributed by atoms with Crippen molar-refractivity contribution < 1.29 is 9.50 Å². The van der Waals surface area contributed by atoms with E-state index >= 15 is 0 Å². The molecular formula is C16H24FNOS. The highest BCUT2D eigenvalue weighted by molar-refractivity contribution is 8.00. The fourth-order valence-electron chi connectivity index (χ4n) is 2.89. The molecule has 1 aliphatic rings. The molecule has 1 aromatic rings. The normalized spacial score (nSPS) is 26.6. The molecule has 1 saturated carbocycles. The van der Waals surface area contributed by atoms with Crippen molar-refractivity contribution in [3.8, 4) is 0 Å². The lowest BCUT2D eigenvalue weighted by Gasteiger charge is -2.40. The highest BCUT2D eigenvalue weighted by atomic mass is 32.2. The first kappa shape index (κ1) is 15.8. The number of hydrogen-bond acceptors (Lipinski definition) is 3. The highest BCUT2D eigenvalue weighted by Gasteiger charge is 2.35. The van der Waals surface area contributed by atoms with Crippen LogP contribution in [0.25, 0.3) is 0 Å². The number of nitrogens with one attached hydrogen (secondary N) is 1. The topological polar surface area (TPSA) is 32.3 Å². The van der Waals surface area contributed by atoms with Gasteiger partial charge in [-0.1, -0.05) is 19.4 Å². The molecule has 2 atom stereocenters. The summed E-state index contributed by atoms with van der Waals surface area (Å²) in [6.07, 6.45) is 5.30. The maximum Gasteiger partial charge on any atom is 0.124 e. The molecule has 20 heavy (non-hydrogen) atoms. The fourth-order valence-corrected chi connectivity index (χ4v) is 4.30. The van der Waals surface area contributed by atoms with Gasteiger partial charge in [-0.15, -0.1) is 11.8 Å². The summed E-state index contributed by atoms with van der Waals surface area (Å²) in [6, 6.07) is 6.79. The summed E-state index contributed by atoms with van der Waals surface area (Å²) < 4.78 is 13.2. The molecule has 1 aromatic carbocycles. The third-order valence-corrected chi connectivity index (χ3v) is 5.21. The third kappa shape index (κ3) is 4.21. The molecule has 0 aromatic heterocycles. The Balaban J connectivity index is 1.98. The smallest absolute Gasteiger partial charge is 0.124 e. The molecule has 4 heteroatoms. The summed E-state index contributed by atoms with van der Waals surface area (Å²) in [7, 11) is 0. The molecule has 0 bridgehead atoms. The molecule has 1 aliphatic carbocycles. The van der Waals surface area contributed by atoms with Crippen LogP contribution in [0.5, 0.6) is 0 Å². The van der Waals surface area contributed by atoms with Gasteiger partial charge in [-0.3, -0.25) is 0 Å². The van der Waals surface area contributed by atoms with E-state index in [1.54, 1.807) is 23.9 Å². The highest BCUT2D eigenvalue weighted by Crippen LogP contribution is 2.38. The van der Waals surface area contributed by atoms with Crippen molar-refractivity contribution in [2.45, 2.75) is 54.7 Å². The van der Waals surface area contributed by atoms with Crippen molar-refractivity contribution in [1.82, 2.24) is 5.32 Å². The van der Waals surface area contributed by atoms with Crippen molar-refractivity contribution in [1.29, 1.82) is 0 Å². The van der Waals surface area contributed by atoms with Crippen molar-refractivity contribution in [2.24, 2.45) is 0 Å². The van der Waals surface area contributed by atoms with E-state index in [9.17, 15) is 9.50 Å². The Labute approximate surface area is 125 Å². The Hall–Kier alpha value is -0.580. The van der Waals surface area contributed by atoms with Gasteiger partial charge in [-0.05, 0) is 50.4 Å². The molecule has 0 radical (unpaired) electrons. The number of aliphatic hydroxyl groups excluding tert-OH is 1. The molecule has 1 fully saturated rings. The van der Waals surface area contributed by atoms with Crippen LogP contribution in [-0.4, -0.2) is 29.0 Å². The number of thioether (sulfide) groups is 1. The molecule has 112 valence electrons. The Kier molecular flexibility index (Phi) is 5.87. The SMILES string of the molecule is CCCNC1(CO)CCCC(Sc2cccc(F)c2)C1. The van der Waals surface area contributed by atoms with Crippen LogP contribution in [0.15, 0.2) is 29.2 Å². The Bertz CT molecular complexity index is 429. The Morgan fingerprint density at radius 3 is 3.05 bits per heavy atom. The molecule has 0 spiro atoms. The summed E-state index contributed by atoms with van der Waals surface area (Å²) in [4.78, 5) is 0.985. The van der Waals surface area contributed by atoms with Gasteiger partial charge < -0.3 is 10.4 Å². The molecule has 0 saturated heterocycles. The number of benzene rings is 1. The molecule has 2 rings (SSSR count). The van der Waals surface area contributed by atoms with Crippen LogP contribution in [0.3, 0.4) is 0 Å². The van der Waals surface area contributed by atoms with Gasteiger partial charge in [-0.25, -0.2) is 4.39 Å². The molecule has 0 aliphatic heterocycles. The van der Waals surface area contributed by atoms with Crippen molar-refractivity contribution >= 4 is 11.8 Å². The van der Waals surface area contributed by atoms with Gasteiger partial charge in [0.1, 0.15) is 5.82 Å². The predicted octanol–water partition coefficient (Wildman–Crippen LogP) is 3.59. The van der Waals surface area contributed by atoms with Crippen LogP contribution < -0.4 is 5.32 Å². The van der Waals surface area contributed by atoms with Crippen LogP contribution in [0, 0.1) is 5.82 Å². The summed E-state index contributed by atoms with van der Waals surface area (Å²) in [5.41, 5.74) is -0.140. The van der Waals surface area contributed by atoms with E-state index in [1.807, 2.05) is 6.07 Å². The third-order valence-electron chi connectivity index (χ3n) is 3.95. The molecule has 0 amide bonds. The number of aliphatic hydroxyl groups is 1. The molecule has 2 N–H and O–H groups in total. The number of rotatable bonds is 6. The standard InChI is InChI=1S/C16H24FNOS/c1-2-9-18-16(12-19)8-4-7-15(11-16)20-14-6-3-5-13(17)10-14/h3,5-6,10,15,18-19H,2,4,7-9,11-12H2,1H3. The lowest BCUT2D eigenvalue weighted by molar-refractivity contribution is 0.124. The first-order valence-electron chi connectivity index (χ1n) is 7.45. The summed E-state index contributed by atoms with van der Waals surface area (Å²) in [5, 5.41) is 13.7. The number of hydrogen-bond donors (Lipinski definition) is 2. The predicted molar refractivity (Wildman–Crippen MR) is 82.6 cm³/mol. The minimum atomic E-state index is -0.177. The molecular weight excluding hydrogens is 273 g/mol. The largest absolute Gasteiger partial charge is 0.394 e. The number of halogens is 1. The summed E-state index contributed by atoms with van der Waals surface area (Å²) in [5.74, 6) is -0.177. The maximum atomic E-state index is 13.2. The lowest BCUT2D eigenvalue weighted by atomic mass is 9.82. The zero-order valence-electron chi connectivity index (χ0n) is 12.1. The second-order valence-electron chi connectivity index (χ2n) is 5.66. The van der Waals surface area contributed by atoms with Crippen LogP contribution in [0.4, 0.5) is 4.39 Å². The summed E-state index contributed by atoms with van der Waals surface area (Å²) in [6.45, 7) is 3.27. The zero-order valence-corrected chi connectivity index (χ0v) is 12.9. The second-order valence-corrected chi connectivity index (χ2v) is 7.03. The minimum Gasteiger partial charge on any atom is -0.394 e. The van der Waals surface area contributed by atoms with Crippen molar-refractivity contribution in [3.05, 3.63) is 30.1 Å². The van der Waals surface area contributed by atoms with E-state index in [1.165, 1.54) is 6.07 Å². The maximum absolute atomic E-state index is 13.2. The first-order valence-corrected chi connectivity index (χ1v) is 8.33. The molecule has 2 nitrogen and oxygen atoms in total. The monoisotopic (exact) mass is 297 g/mol. The van der Waals surface area contributed by atoms with Crippen molar-refractivity contribution in [3.63, 3.8) is 0 Å². The molecule has 0 heterocycles. The van der Waals surface area contributed by atoms with E-state index in [-0.39, 0.29) is 18.0 Å². The minimum absolute atomic E-state index is 0.140. The average Bonchev–Trinajstić information content (AvgIpc) is 2.45. The Morgan fingerprint density at radius 1 is 1.50 bits per heavy atom. The Morgan fingerprint density at radius 2 is 2.35 bits per heavy atom. The second kappa shape index (κ2) is 7.43.